The van der Waals surface area contributed by atoms with Crippen LogP contribution in [-0.4, -0.2) is 49.4 Å². The number of nitrogens with one attached hydrogen (secondary N) is 1. The molecule has 138 valence electrons. The van der Waals surface area contributed by atoms with Crippen molar-refractivity contribution in [3.63, 3.8) is 0 Å². The van der Waals surface area contributed by atoms with E-state index in [1.165, 1.54) is 6.26 Å². The number of hydrogen-bond donors (Lipinski definition) is 1. The third kappa shape index (κ3) is 4.58. The zero-order chi connectivity index (χ0) is 18.4. The molecule has 1 aromatic heterocycles. The Bertz CT molecular complexity index is 740. The highest BCUT2D eigenvalue weighted by molar-refractivity contribution is 6.33. The lowest BCUT2D eigenvalue weighted by atomic mass is 10.2. The molecule has 0 bridgehead atoms. The van der Waals surface area contributed by atoms with E-state index in [2.05, 4.69) is 10.2 Å². The average Bonchev–Trinajstić information content (AvgIpc) is 3.20. The molecule has 1 aromatic carbocycles. The van der Waals surface area contributed by atoms with Gasteiger partial charge < -0.3 is 19.5 Å². The van der Waals surface area contributed by atoms with Crippen molar-refractivity contribution in [2.45, 2.75) is 12.8 Å². The van der Waals surface area contributed by atoms with Crippen LogP contribution in [0.3, 0.4) is 0 Å². The van der Waals surface area contributed by atoms with Crippen molar-refractivity contribution in [2.75, 3.05) is 37.6 Å². The van der Waals surface area contributed by atoms with Crippen molar-refractivity contribution in [2.24, 2.45) is 0 Å². The van der Waals surface area contributed by atoms with Gasteiger partial charge in [-0.2, -0.15) is 0 Å². The maximum Gasteiger partial charge on any atom is 0.286 e. The predicted molar refractivity (Wildman–Crippen MR) is 101 cm³/mol. The van der Waals surface area contributed by atoms with E-state index in [9.17, 15) is 9.59 Å². The lowest BCUT2D eigenvalue weighted by molar-refractivity contribution is -0.131. The van der Waals surface area contributed by atoms with E-state index in [1.807, 2.05) is 29.2 Å². The summed E-state index contributed by atoms with van der Waals surface area (Å²) in [5.74, 6) is 0.152. The maximum atomic E-state index is 12.3. The molecular formula is C19H22ClN3O3. The number of benzene rings is 1. The highest BCUT2D eigenvalue weighted by Crippen LogP contribution is 2.26. The van der Waals surface area contributed by atoms with Gasteiger partial charge in [-0.15, -0.1) is 0 Å². The number of halogens is 1. The molecule has 2 amide bonds. The van der Waals surface area contributed by atoms with Gasteiger partial charge in [-0.3, -0.25) is 9.59 Å². The first-order chi connectivity index (χ1) is 12.6. The SMILES string of the molecule is O=C(NCCCC(=O)N1CCN(c2ccccc2Cl)CC1)c1ccco1. The third-order valence-corrected chi connectivity index (χ3v) is 4.74. The second-order valence-corrected chi connectivity index (χ2v) is 6.56. The van der Waals surface area contributed by atoms with Gasteiger partial charge in [0.05, 0.1) is 17.0 Å². The van der Waals surface area contributed by atoms with Crippen LogP contribution in [0.25, 0.3) is 0 Å². The monoisotopic (exact) mass is 375 g/mol. The topological polar surface area (TPSA) is 65.8 Å². The summed E-state index contributed by atoms with van der Waals surface area (Å²) in [6.45, 7) is 3.35. The van der Waals surface area contributed by atoms with Crippen molar-refractivity contribution in [1.82, 2.24) is 10.2 Å². The summed E-state index contributed by atoms with van der Waals surface area (Å²) in [6.07, 6.45) is 2.49. The van der Waals surface area contributed by atoms with Crippen LogP contribution in [0.2, 0.25) is 5.02 Å². The van der Waals surface area contributed by atoms with Crippen LogP contribution in [0.1, 0.15) is 23.4 Å². The molecule has 0 atom stereocenters. The van der Waals surface area contributed by atoms with E-state index in [4.69, 9.17) is 16.0 Å². The molecule has 0 unspecified atom stereocenters. The highest BCUT2D eigenvalue weighted by Gasteiger charge is 2.22. The number of nitrogens with zero attached hydrogens (tertiary/aromatic N) is 2. The van der Waals surface area contributed by atoms with Crippen molar-refractivity contribution in [3.05, 3.63) is 53.4 Å². The van der Waals surface area contributed by atoms with Crippen molar-refractivity contribution < 1.29 is 14.0 Å². The number of hydrogen-bond acceptors (Lipinski definition) is 4. The molecule has 2 aromatic rings. The predicted octanol–water partition coefficient (Wildman–Crippen LogP) is 2.79. The molecule has 26 heavy (non-hydrogen) atoms. The average molecular weight is 376 g/mol. The third-order valence-electron chi connectivity index (χ3n) is 4.42. The second kappa shape index (κ2) is 8.76. The van der Waals surface area contributed by atoms with Crippen molar-refractivity contribution in [3.8, 4) is 0 Å². The van der Waals surface area contributed by atoms with E-state index in [0.717, 1.165) is 23.8 Å². The fourth-order valence-corrected chi connectivity index (χ4v) is 3.25. The number of amides is 2. The molecule has 6 nitrogen and oxygen atoms in total. The molecule has 2 heterocycles. The summed E-state index contributed by atoms with van der Waals surface area (Å²) < 4.78 is 5.02. The number of carbonyl (C=O) groups excluding carboxylic acids is 2. The molecule has 1 aliphatic heterocycles. The van der Waals surface area contributed by atoms with E-state index < -0.39 is 0 Å². The molecule has 0 saturated carbocycles. The first-order valence-corrected chi connectivity index (χ1v) is 9.12. The van der Waals surface area contributed by atoms with Crippen molar-refractivity contribution >= 4 is 29.1 Å². The Balaban J connectivity index is 1.37. The minimum atomic E-state index is -0.254. The zero-order valence-corrected chi connectivity index (χ0v) is 15.2. The lowest BCUT2D eigenvalue weighted by Crippen LogP contribution is -2.49. The van der Waals surface area contributed by atoms with Crippen LogP contribution in [0.4, 0.5) is 5.69 Å². The van der Waals surface area contributed by atoms with Gasteiger partial charge in [-0.1, -0.05) is 23.7 Å². The summed E-state index contributed by atoms with van der Waals surface area (Å²) in [5.41, 5.74) is 1.02. The normalized spacial score (nSPS) is 14.3. The van der Waals surface area contributed by atoms with Crippen LogP contribution in [0.5, 0.6) is 0 Å². The van der Waals surface area contributed by atoms with E-state index in [0.29, 0.717) is 32.5 Å². The molecule has 3 rings (SSSR count). The molecule has 1 aliphatic rings. The van der Waals surface area contributed by atoms with Crippen molar-refractivity contribution in [1.29, 1.82) is 0 Å². The van der Waals surface area contributed by atoms with Gasteiger partial charge in [-0.25, -0.2) is 0 Å². The van der Waals surface area contributed by atoms with Crippen LogP contribution >= 0.6 is 11.6 Å². The zero-order valence-electron chi connectivity index (χ0n) is 14.5. The van der Waals surface area contributed by atoms with Crippen LogP contribution in [-0.2, 0) is 4.79 Å². The van der Waals surface area contributed by atoms with Crippen LogP contribution in [0.15, 0.2) is 47.1 Å². The number of rotatable bonds is 6. The van der Waals surface area contributed by atoms with Crippen LogP contribution in [0, 0.1) is 0 Å². The Morgan fingerprint density at radius 1 is 1.08 bits per heavy atom. The Kier molecular flexibility index (Phi) is 6.17. The maximum absolute atomic E-state index is 12.3. The van der Waals surface area contributed by atoms with Gasteiger partial charge in [0.2, 0.25) is 5.91 Å². The minimum absolute atomic E-state index is 0.121. The van der Waals surface area contributed by atoms with Gasteiger partial charge in [0.15, 0.2) is 5.76 Å². The lowest BCUT2D eigenvalue weighted by Gasteiger charge is -2.36. The van der Waals surface area contributed by atoms with E-state index in [-0.39, 0.29) is 17.6 Å². The number of para-hydroxylation sites is 1. The minimum Gasteiger partial charge on any atom is -0.459 e. The molecule has 0 spiro atoms. The first kappa shape index (κ1) is 18.3. The van der Waals surface area contributed by atoms with Gasteiger partial charge in [0, 0.05) is 39.1 Å². The first-order valence-electron chi connectivity index (χ1n) is 8.74. The fourth-order valence-electron chi connectivity index (χ4n) is 3.00. The number of anilines is 1. The Morgan fingerprint density at radius 3 is 2.54 bits per heavy atom. The van der Waals surface area contributed by atoms with Crippen LogP contribution < -0.4 is 10.2 Å². The Morgan fingerprint density at radius 2 is 1.85 bits per heavy atom. The van der Waals surface area contributed by atoms with E-state index >= 15 is 0 Å². The fraction of sp³-hybridized carbons (Fsp3) is 0.368. The number of furan rings is 1. The van der Waals surface area contributed by atoms with Gasteiger partial charge in [0.25, 0.3) is 5.91 Å². The highest BCUT2D eigenvalue weighted by atomic mass is 35.5. The molecule has 1 N–H and O–H groups in total. The quantitative estimate of drug-likeness (QED) is 0.788. The molecule has 0 aliphatic carbocycles. The van der Waals surface area contributed by atoms with E-state index in [1.54, 1.807) is 12.1 Å². The second-order valence-electron chi connectivity index (χ2n) is 6.16. The largest absolute Gasteiger partial charge is 0.459 e. The molecule has 7 heteroatoms. The molecule has 1 fully saturated rings. The van der Waals surface area contributed by atoms with Gasteiger partial charge in [-0.05, 0) is 30.7 Å². The number of piperazine rings is 1. The molecular weight excluding hydrogens is 354 g/mol. The summed E-state index contributed by atoms with van der Waals surface area (Å²) in [5, 5.41) is 3.49. The Labute approximate surface area is 157 Å². The molecule has 0 radical (unpaired) electrons. The molecule has 1 saturated heterocycles. The van der Waals surface area contributed by atoms with Gasteiger partial charge >= 0.3 is 0 Å². The summed E-state index contributed by atoms with van der Waals surface area (Å²) in [6, 6.07) is 11.0. The number of carbonyl (C=O) groups is 2. The smallest absolute Gasteiger partial charge is 0.286 e. The summed E-state index contributed by atoms with van der Waals surface area (Å²) >= 11 is 6.24. The van der Waals surface area contributed by atoms with Gasteiger partial charge in [0.1, 0.15) is 0 Å². The summed E-state index contributed by atoms with van der Waals surface area (Å²) in [4.78, 5) is 28.1. The Hall–Kier alpha value is -2.47. The summed E-state index contributed by atoms with van der Waals surface area (Å²) in [7, 11) is 0. The standard InChI is InChI=1S/C19H22ClN3O3/c20-15-5-1-2-6-16(15)22-10-12-23(13-11-22)18(24)8-3-9-21-19(25)17-7-4-14-26-17/h1-2,4-7,14H,3,8-13H2,(H,21,25).